The summed E-state index contributed by atoms with van der Waals surface area (Å²) in [5.74, 6) is -0.987. The largest absolute Gasteiger partial charge is 0.409 e. The Labute approximate surface area is 119 Å². The molecular weight excluding hydrogens is 317 g/mol. The molecule has 0 aliphatic rings. The van der Waals surface area contributed by atoms with Crippen molar-refractivity contribution in [2.75, 3.05) is 13.1 Å². The van der Waals surface area contributed by atoms with Crippen LogP contribution in [0.3, 0.4) is 0 Å². The molecule has 1 aromatic rings. The summed E-state index contributed by atoms with van der Waals surface area (Å²) in [5, 5.41) is 11.3. The van der Waals surface area contributed by atoms with E-state index in [1.807, 2.05) is 0 Å². The molecule has 0 saturated heterocycles. The second-order valence-corrected chi connectivity index (χ2v) is 4.68. The first kappa shape index (κ1) is 15.4. The molecule has 0 fully saturated rings. The number of benzene rings is 1. The van der Waals surface area contributed by atoms with Gasteiger partial charge in [-0.1, -0.05) is 11.2 Å². The molecule has 104 valence electrons. The number of carbonyl (C=O) groups excluding carboxylic acids is 1. The van der Waals surface area contributed by atoms with Gasteiger partial charge in [0.2, 0.25) is 0 Å². The van der Waals surface area contributed by atoms with Gasteiger partial charge in [-0.05, 0) is 35.0 Å². The van der Waals surface area contributed by atoms with E-state index in [1.165, 1.54) is 17.0 Å². The number of amidine groups is 1. The van der Waals surface area contributed by atoms with Crippen LogP contribution in [0.5, 0.6) is 0 Å². The van der Waals surface area contributed by atoms with Crippen molar-refractivity contribution in [3.8, 4) is 0 Å². The minimum absolute atomic E-state index is 0.0103. The third-order valence-corrected chi connectivity index (χ3v) is 3.27. The molecule has 0 saturated carbocycles. The summed E-state index contributed by atoms with van der Waals surface area (Å²) >= 11 is 3.16. The zero-order valence-corrected chi connectivity index (χ0v) is 12.0. The van der Waals surface area contributed by atoms with Gasteiger partial charge in [-0.3, -0.25) is 4.79 Å². The molecule has 19 heavy (non-hydrogen) atoms. The highest BCUT2D eigenvalue weighted by atomic mass is 79.9. The Morgan fingerprint density at radius 2 is 2.26 bits per heavy atom. The van der Waals surface area contributed by atoms with Crippen LogP contribution in [-0.2, 0) is 0 Å². The van der Waals surface area contributed by atoms with E-state index in [1.54, 1.807) is 13.0 Å². The van der Waals surface area contributed by atoms with E-state index in [2.05, 4.69) is 21.1 Å². The third kappa shape index (κ3) is 3.92. The predicted molar refractivity (Wildman–Crippen MR) is 73.7 cm³/mol. The molecule has 7 heteroatoms. The molecule has 0 bridgehead atoms. The number of nitrogens with zero attached hydrogens (tertiary/aromatic N) is 2. The van der Waals surface area contributed by atoms with Crippen LogP contribution in [-0.4, -0.2) is 34.9 Å². The van der Waals surface area contributed by atoms with Crippen molar-refractivity contribution in [3.63, 3.8) is 0 Å². The molecular formula is C12H15BrFN3O2. The molecule has 0 spiro atoms. The maximum atomic E-state index is 13.7. The first-order valence-corrected chi connectivity index (χ1v) is 6.50. The fourth-order valence-electron chi connectivity index (χ4n) is 1.56. The molecule has 1 rings (SSSR count). The second kappa shape index (κ2) is 7.08. The van der Waals surface area contributed by atoms with Gasteiger partial charge >= 0.3 is 0 Å². The highest BCUT2D eigenvalue weighted by molar-refractivity contribution is 9.10. The van der Waals surface area contributed by atoms with Gasteiger partial charge in [0.05, 0.1) is 5.56 Å². The standard InChI is InChI=1S/C12H15BrFN3O2/c1-2-17(7-6-10(15)16-19)12(18)11-8(13)4-3-5-9(11)14/h3-5,19H,2,6-7H2,1H3,(H2,15,16). The lowest BCUT2D eigenvalue weighted by molar-refractivity contribution is 0.0762. The smallest absolute Gasteiger partial charge is 0.257 e. The highest BCUT2D eigenvalue weighted by Crippen LogP contribution is 2.21. The number of hydrogen-bond acceptors (Lipinski definition) is 3. The summed E-state index contributed by atoms with van der Waals surface area (Å²) in [7, 11) is 0. The fourth-order valence-corrected chi connectivity index (χ4v) is 2.07. The van der Waals surface area contributed by atoms with Crippen LogP contribution in [0.25, 0.3) is 0 Å². The van der Waals surface area contributed by atoms with E-state index in [0.29, 0.717) is 11.0 Å². The number of carbonyl (C=O) groups is 1. The van der Waals surface area contributed by atoms with Crippen molar-refractivity contribution in [2.45, 2.75) is 13.3 Å². The molecule has 0 unspecified atom stereocenters. The molecule has 0 aliphatic carbocycles. The maximum Gasteiger partial charge on any atom is 0.257 e. The number of nitrogens with two attached hydrogens (primary N) is 1. The van der Waals surface area contributed by atoms with Crippen LogP contribution >= 0.6 is 15.9 Å². The SMILES string of the molecule is CCN(CC/C(N)=N/O)C(=O)c1c(F)cccc1Br. The van der Waals surface area contributed by atoms with Gasteiger partial charge < -0.3 is 15.8 Å². The van der Waals surface area contributed by atoms with E-state index in [-0.39, 0.29) is 24.4 Å². The normalized spacial score (nSPS) is 11.4. The summed E-state index contributed by atoms with van der Waals surface area (Å²) in [4.78, 5) is 13.7. The Morgan fingerprint density at radius 3 is 2.79 bits per heavy atom. The van der Waals surface area contributed by atoms with Crippen molar-refractivity contribution in [1.29, 1.82) is 0 Å². The lowest BCUT2D eigenvalue weighted by atomic mass is 10.1. The molecule has 0 aromatic heterocycles. The van der Waals surface area contributed by atoms with Gasteiger partial charge in [-0.2, -0.15) is 0 Å². The summed E-state index contributed by atoms with van der Waals surface area (Å²) in [5.41, 5.74) is 5.34. The van der Waals surface area contributed by atoms with E-state index < -0.39 is 11.7 Å². The first-order valence-electron chi connectivity index (χ1n) is 5.71. The predicted octanol–water partition coefficient (Wildman–Crippen LogP) is 2.19. The van der Waals surface area contributed by atoms with E-state index in [9.17, 15) is 9.18 Å². The van der Waals surface area contributed by atoms with Gasteiger partial charge in [0.1, 0.15) is 11.7 Å². The van der Waals surface area contributed by atoms with Crippen LogP contribution in [0.4, 0.5) is 4.39 Å². The molecule has 3 N–H and O–H groups in total. The van der Waals surface area contributed by atoms with Crippen LogP contribution < -0.4 is 5.73 Å². The monoisotopic (exact) mass is 331 g/mol. The number of oxime groups is 1. The Balaban J connectivity index is 2.90. The van der Waals surface area contributed by atoms with Gasteiger partial charge in [-0.15, -0.1) is 0 Å². The lowest BCUT2D eigenvalue weighted by Gasteiger charge is -2.21. The number of halogens is 2. The van der Waals surface area contributed by atoms with E-state index in [0.717, 1.165) is 0 Å². The summed E-state index contributed by atoms with van der Waals surface area (Å²) < 4.78 is 14.1. The van der Waals surface area contributed by atoms with Crippen molar-refractivity contribution < 1.29 is 14.4 Å². The number of rotatable bonds is 5. The minimum Gasteiger partial charge on any atom is -0.409 e. The minimum atomic E-state index is -0.582. The second-order valence-electron chi connectivity index (χ2n) is 3.82. The molecule has 0 radical (unpaired) electrons. The Hall–Kier alpha value is -1.63. The molecule has 1 aromatic carbocycles. The van der Waals surface area contributed by atoms with Crippen LogP contribution in [0.2, 0.25) is 0 Å². The van der Waals surface area contributed by atoms with Crippen LogP contribution in [0, 0.1) is 5.82 Å². The Bertz CT molecular complexity index is 474. The van der Waals surface area contributed by atoms with Gasteiger partial charge in [0, 0.05) is 24.0 Å². The third-order valence-electron chi connectivity index (χ3n) is 2.61. The molecule has 5 nitrogen and oxygen atoms in total. The summed E-state index contributed by atoms with van der Waals surface area (Å²) in [6.07, 6.45) is 0.224. The van der Waals surface area contributed by atoms with Crippen molar-refractivity contribution >= 4 is 27.7 Å². The topological polar surface area (TPSA) is 78.9 Å². The fraction of sp³-hybridized carbons (Fsp3) is 0.333. The average molecular weight is 332 g/mol. The zero-order chi connectivity index (χ0) is 14.4. The Kier molecular flexibility index (Phi) is 5.75. The van der Waals surface area contributed by atoms with Gasteiger partial charge in [0.15, 0.2) is 0 Å². The summed E-state index contributed by atoms with van der Waals surface area (Å²) in [6.45, 7) is 2.43. The molecule has 1 amide bonds. The maximum absolute atomic E-state index is 13.7. The molecule has 0 aliphatic heterocycles. The van der Waals surface area contributed by atoms with Crippen molar-refractivity contribution in [2.24, 2.45) is 10.9 Å². The average Bonchev–Trinajstić information content (AvgIpc) is 2.38. The highest BCUT2D eigenvalue weighted by Gasteiger charge is 2.20. The van der Waals surface area contributed by atoms with Gasteiger partial charge in [0.25, 0.3) is 5.91 Å². The van der Waals surface area contributed by atoms with E-state index in [4.69, 9.17) is 10.9 Å². The zero-order valence-electron chi connectivity index (χ0n) is 10.4. The van der Waals surface area contributed by atoms with E-state index >= 15 is 0 Å². The van der Waals surface area contributed by atoms with Crippen LogP contribution in [0.1, 0.15) is 23.7 Å². The first-order chi connectivity index (χ1) is 9.01. The molecule has 0 heterocycles. The molecule has 0 atom stereocenters. The number of amides is 1. The number of hydrogen-bond donors (Lipinski definition) is 2. The van der Waals surface area contributed by atoms with Crippen molar-refractivity contribution in [3.05, 3.63) is 34.1 Å². The van der Waals surface area contributed by atoms with Crippen LogP contribution in [0.15, 0.2) is 27.8 Å². The quantitative estimate of drug-likeness (QED) is 0.375. The van der Waals surface area contributed by atoms with Crippen molar-refractivity contribution in [1.82, 2.24) is 4.90 Å². The lowest BCUT2D eigenvalue weighted by Crippen LogP contribution is -2.34. The van der Waals surface area contributed by atoms with Gasteiger partial charge in [-0.25, -0.2) is 4.39 Å². The summed E-state index contributed by atoms with van der Waals surface area (Å²) in [6, 6.07) is 4.35. The Morgan fingerprint density at radius 1 is 1.58 bits per heavy atom.